The smallest absolute Gasteiger partial charge is 0.174 e. The normalized spacial score (nSPS) is 17.9. The zero-order valence-electron chi connectivity index (χ0n) is 18.5. The molecule has 0 radical (unpaired) electrons. The predicted molar refractivity (Wildman–Crippen MR) is 134 cm³/mol. The summed E-state index contributed by atoms with van der Waals surface area (Å²) in [7, 11) is 0. The molecule has 3 heterocycles. The summed E-state index contributed by atoms with van der Waals surface area (Å²) >= 11 is 5.79. The lowest BCUT2D eigenvalue weighted by atomic mass is 10.0. The minimum absolute atomic E-state index is 0.117. The van der Waals surface area contributed by atoms with E-state index in [2.05, 4.69) is 15.2 Å². The van der Waals surface area contributed by atoms with Gasteiger partial charge in [-0.05, 0) is 74.6 Å². The summed E-state index contributed by atoms with van der Waals surface area (Å²) < 4.78 is 12.2. The first-order chi connectivity index (χ1) is 16.1. The lowest BCUT2D eigenvalue weighted by molar-refractivity contribution is 0.242. The van der Waals surface area contributed by atoms with Gasteiger partial charge in [0.2, 0.25) is 0 Å². The van der Waals surface area contributed by atoms with Crippen LogP contribution in [0.2, 0.25) is 0 Å². The Morgan fingerprint density at radius 1 is 0.939 bits per heavy atom. The van der Waals surface area contributed by atoms with E-state index in [0.717, 1.165) is 34.2 Å². The summed E-state index contributed by atoms with van der Waals surface area (Å²) in [5, 5.41) is 4.10. The molecule has 1 saturated heterocycles. The molecule has 166 valence electrons. The Morgan fingerprint density at radius 3 is 2.39 bits per heavy atom. The van der Waals surface area contributed by atoms with Gasteiger partial charge in [0.05, 0.1) is 17.8 Å². The van der Waals surface area contributed by atoms with E-state index in [4.69, 9.17) is 21.4 Å². The van der Waals surface area contributed by atoms with Crippen molar-refractivity contribution in [1.82, 2.24) is 10.3 Å². The molecule has 0 spiro atoms. The van der Waals surface area contributed by atoms with E-state index in [9.17, 15) is 0 Å². The van der Waals surface area contributed by atoms with Crippen molar-refractivity contribution in [1.29, 1.82) is 0 Å². The number of ether oxygens (including phenoxy) is 1. The van der Waals surface area contributed by atoms with Crippen LogP contribution in [0.25, 0.3) is 11.3 Å². The van der Waals surface area contributed by atoms with Gasteiger partial charge >= 0.3 is 0 Å². The minimum atomic E-state index is -0.193. The Bertz CT molecular complexity index is 1220. The Hall–Kier alpha value is -3.64. The van der Waals surface area contributed by atoms with Crippen molar-refractivity contribution in [2.24, 2.45) is 0 Å². The minimum Gasteiger partial charge on any atom is -0.491 e. The van der Waals surface area contributed by atoms with Crippen molar-refractivity contribution in [2.45, 2.75) is 32.0 Å². The Balaban J connectivity index is 1.55. The van der Waals surface area contributed by atoms with Crippen LogP contribution in [0.4, 0.5) is 5.69 Å². The zero-order chi connectivity index (χ0) is 22.8. The summed E-state index contributed by atoms with van der Waals surface area (Å²) in [5.41, 5.74) is 2.91. The molecule has 2 aromatic carbocycles. The first-order valence-corrected chi connectivity index (χ1v) is 11.4. The Labute approximate surface area is 199 Å². The monoisotopic (exact) mass is 455 g/mol. The molecule has 2 aromatic heterocycles. The number of aromatic nitrogens is 1. The first kappa shape index (κ1) is 21.2. The Morgan fingerprint density at radius 2 is 1.70 bits per heavy atom. The van der Waals surface area contributed by atoms with E-state index in [1.807, 2.05) is 98.8 Å². The molecular formula is C27H25N3O2S. The number of anilines is 1. The summed E-state index contributed by atoms with van der Waals surface area (Å²) in [6.45, 7) is 4.03. The number of nitrogens with zero attached hydrogens (tertiary/aromatic N) is 2. The van der Waals surface area contributed by atoms with Crippen molar-refractivity contribution in [3.63, 3.8) is 0 Å². The van der Waals surface area contributed by atoms with Crippen LogP contribution in [0.15, 0.2) is 95.5 Å². The largest absolute Gasteiger partial charge is 0.491 e. The fourth-order valence-corrected chi connectivity index (χ4v) is 4.49. The van der Waals surface area contributed by atoms with Crippen LogP contribution in [0, 0.1) is 0 Å². The van der Waals surface area contributed by atoms with Crippen LogP contribution in [0.1, 0.15) is 37.4 Å². The predicted octanol–water partition coefficient (Wildman–Crippen LogP) is 6.31. The summed E-state index contributed by atoms with van der Waals surface area (Å²) in [4.78, 5) is 6.70. The number of thiocarbonyl (C=S) groups is 1. The highest BCUT2D eigenvalue weighted by Gasteiger charge is 2.42. The molecule has 0 aliphatic carbocycles. The molecule has 0 unspecified atom stereocenters. The molecule has 33 heavy (non-hydrogen) atoms. The average molecular weight is 456 g/mol. The maximum absolute atomic E-state index is 6.39. The van der Waals surface area contributed by atoms with Crippen molar-refractivity contribution in [3.8, 4) is 17.1 Å². The average Bonchev–Trinajstić information content (AvgIpc) is 3.45. The number of rotatable bonds is 6. The molecule has 4 aromatic rings. The molecule has 5 nitrogen and oxygen atoms in total. The van der Waals surface area contributed by atoms with E-state index >= 15 is 0 Å². The fourth-order valence-electron chi connectivity index (χ4n) is 4.15. The number of benzene rings is 2. The van der Waals surface area contributed by atoms with Gasteiger partial charge in [0.1, 0.15) is 23.3 Å². The number of hydrogen-bond donors (Lipinski definition) is 1. The maximum Gasteiger partial charge on any atom is 0.174 e. The van der Waals surface area contributed by atoms with Gasteiger partial charge in [-0.15, -0.1) is 0 Å². The molecule has 0 bridgehead atoms. The SMILES string of the molecule is CC(C)Oc1ccc(N2C(=S)N[C@H](c3ccccn3)[C@H]2c2ccc(-c3ccccc3)o2)cc1. The van der Waals surface area contributed by atoms with Gasteiger partial charge in [-0.25, -0.2) is 0 Å². The second-order valence-corrected chi connectivity index (χ2v) is 8.61. The summed E-state index contributed by atoms with van der Waals surface area (Å²) in [6, 6.07) is 27.7. The highest BCUT2D eigenvalue weighted by molar-refractivity contribution is 7.80. The first-order valence-electron chi connectivity index (χ1n) is 11.0. The molecule has 1 fully saturated rings. The summed E-state index contributed by atoms with van der Waals surface area (Å²) in [5.74, 6) is 2.47. The Kier molecular flexibility index (Phi) is 5.84. The fraction of sp³-hybridized carbons (Fsp3) is 0.185. The highest BCUT2D eigenvalue weighted by Crippen LogP contribution is 2.43. The van der Waals surface area contributed by atoms with Gasteiger partial charge in [0.25, 0.3) is 0 Å². The van der Waals surface area contributed by atoms with Crippen LogP contribution in [-0.2, 0) is 0 Å². The second kappa shape index (κ2) is 9.08. The molecule has 2 atom stereocenters. The van der Waals surface area contributed by atoms with E-state index < -0.39 is 0 Å². The van der Waals surface area contributed by atoms with Crippen molar-refractivity contribution < 1.29 is 9.15 Å². The zero-order valence-corrected chi connectivity index (χ0v) is 19.3. The maximum atomic E-state index is 6.39. The van der Waals surface area contributed by atoms with Crippen LogP contribution in [0.5, 0.6) is 5.75 Å². The molecule has 0 amide bonds. The second-order valence-electron chi connectivity index (χ2n) is 8.23. The van der Waals surface area contributed by atoms with Gasteiger partial charge in [-0.2, -0.15) is 0 Å². The number of furan rings is 1. The molecule has 5 rings (SSSR count). The molecule has 1 aliphatic heterocycles. The van der Waals surface area contributed by atoms with Crippen LogP contribution >= 0.6 is 12.2 Å². The van der Waals surface area contributed by atoms with Gasteiger partial charge in [-0.3, -0.25) is 4.98 Å². The number of pyridine rings is 1. The van der Waals surface area contributed by atoms with E-state index in [1.165, 1.54) is 0 Å². The van der Waals surface area contributed by atoms with Gasteiger partial charge < -0.3 is 19.4 Å². The van der Waals surface area contributed by atoms with Crippen LogP contribution < -0.4 is 15.0 Å². The standard InChI is InChI=1S/C27H25N3O2S/c1-18(2)31-21-13-11-20(12-14-21)30-26(25(29-27(30)33)22-10-6-7-17-28-22)24-16-15-23(32-24)19-8-4-3-5-9-19/h3-18,25-26H,1-2H3,(H,29,33)/t25-,26-/m1/s1. The molecule has 0 saturated carbocycles. The van der Waals surface area contributed by atoms with Crippen molar-refractivity contribution in [3.05, 3.63) is 103 Å². The quantitative estimate of drug-likeness (QED) is 0.344. The van der Waals surface area contributed by atoms with E-state index in [-0.39, 0.29) is 18.2 Å². The summed E-state index contributed by atoms with van der Waals surface area (Å²) in [6.07, 6.45) is 1.92. The van der Waals surface area contributed by atoms with E-state index in [0.29, 0.717) is 5.11 Å². The third-order valence-corrected chi connectivity index (χ3v) is 5.88. The number of hydrogen-bond acceptors (Lipinski definition) is 4. The van der Waals surface area contributed by atoms with Gasteiger partial charge in [-0.1, -0.05) is 36.4 Å². The number of nitrogens with one attached hydrogen (secondary N) is 1. The lowest BCUT2D eigenvalue weighted by Gasteiger charge is -2.26. The van der Waals surface area contributed by atoms with Gasteiger partial charge in [0, 0.05) is 17.4 Å². The molecule has 1 aliphatic rings. The molecular weight excluding hydrogens is 430 g/mol. The topological polar surface area (TPSA) is 50.5 Å². The van der Waals surface area contributed by atoms with E-state index in [1.54, 1.807) is 6.20 Å². The third-order valence-electron chi connectivity index (χ3n) is 5.56. The van der Waals surface area contributed by atoms with Crippen molar-refractivity contribution >= 4 is 23.0 Å². The molecule has 6 heteroatoms. The van der Waals surface area contributed by atoms with Crippen LogP contribution in [-0.4, -0.2) is 16.2 Å². The molecule has 1 N–H and O–H groups in total. The highest BCUT2D eigenvalue weighted by atomic mass is 32.1. The van der Waals surface area contributed by atoms with Crippen LogP contribution in [0.3, 0.4) is 0 Å². The lowest BCUT2D eigenvalue weighted by Crippen LogP contribution is -2.29. The van der Waals surface area contributed by atoms with Gasteiger partial charge in [0.15, 0.2) is 5.11 Å². The third kappa shape index (κ3) is 4.34. The van der Waals surface area contributed by atoms with Crippen molar-refractivity contribution in [2.75, 3.05) is 4.90 Å².